The van der Waals surface area contributed by atoms with Crippen LogP contribution in [0.2, 0.25) is 0 Å². The first-order valence-electron chi connectivity index (χ1n) is 5.84. The van der Waals surface area contributed by atoms with Crippen molar-refractivity contribution in [3.05, 3.63) is 48.3 Å². The summed E-state index contributed by atoms with van der Waals surface area (Å²) in [4.78, 5) is 12.0. The molecular formula is C14H16FNO. The van der Waals surface area contributed by atoms with Crippen molar-refractivity contribution in [2.45, 2.75) is 24.7 Å². The molecule has 90 valence electrons. The van der Waals surface area contributed by atoms with Gasteiger partial charge in [0.25, 0.3) is 0 Å². The molecule has 1 aliphatic carbocycles. The maximum Gasteiger partial charge on any atom is 0.230 e. The summed E-state index contributed by atoms with van der Waals surface area (Å²) in [6, 6.07) is 6.23. The summed E-state index contributed by atoms with van der Waals surface area (Å²) >= 11 is 0. The van der Waals surface area contributed by atoms with Crippen LogP contribution in [0.25, 0.3) is 0 Å². The monoisotopic (exact) mass is 233 g/mol. The topological polar surface area (TPSA) is 29.1 Å². The zero-order valence-corrected chi connectivity index (χ0v) is 9.71. The average Bonchev–Trinajstić information content (AvgIpc) is 3.11. The SMILES string of the molecule is C=CCCNC(=O)C1(c2ccc(F)cc2)CC1. The van der Waals surface area contributed by atoms with Crippen molar-refractivity contribution in [2.24, 2.45) is 0 Å². The average molecular weight is 233 g/mol. The van der Waals surface area contributed by atoms with Crippen molar-refractivity contribution in [2.75, 3.05) is 6.54 Å². The van der Waals surface area contributed by atoms with Gasteiger partial charge in [-0.25, -0.2) is 4.39 Å². The minimum absolute atomic E-state index is 0.0472. The van der Waals surface area contributed by atoms with Gasteiger partial charge in [0.05, 0.1) is 5.41 Å². The minimum atomic E-state index is -0.408. The lowest BCUT2D eigenvalue weighted by atomic mass is 9.95. The van der Waals surface area contributed by atoms with Gasteiger partial charge in [0.2, 0.25) is 5.91 Å². The van der Waals surface area contributed by atoms with E-state index in [0.717, 1.165) is 24.8 Å². The number of nitrogens with one attached hydrogen (secondary N) is 1. The molecule has 1 fully saturated rings. The highest BCUT2D eigenvalue weighted by Gasteiger charge is 2.50. The number of hydrogen-bond donors (Lipinski definition) is 1. The Labute approximate surface area is 101 Å². The second-order valence-corrected chi connectivity index (χ2v) is 4.42. The van der Waals surface area contributed by atoms with Gasteiger partial charge in [0.15, 0.2) is 0 Å². The number of rotatable bonds is 5. The minimum Gasteiger partial charge on any atom is -0.355 e. The first kappa shape index (κ1) is 11.8. The van der Waals surface area contributed by atoms with Gasteiger partial charge in [-0.1, -0.05) is 18.2 Å². The van der Waals surface area contributed by atoms with Crippen LogP contribution in [0.3, 0.4) is 0 Å². The van der Waals surface area contributed by atoms with Crippen molar-refractivity contribution >= 4 is 5.91 Å². The normalized spacial score (nSPS) is 16.3. The molecule has 0 aromatic heterocycles. The molecule has 3 heteroatoms. The highest BCUT2D eigenvalue weighted by Crippen LogP contribution is 2.48. The molecule has 1 aromatic rings. The number of amides is 1. The Kier molecular flexibility index (Phi) is 3.27. The van der Waals surface area contributed by atoms with Crippen LogP contribution in [-0.4, -0.2) is 12.5 Å². The molecule has 2 nitrogen and oxygen atoms in total. The van der Waals surface area contributed by atoms with E-state index in [1.54, 1.807) is 18.2 Å². The standard InChI is InChI=1S/C14H16FNO/c1-2-3-10-16-13(17)14(8-9-14)11-4-6-12(15)7-5-11/h2,4-7H,1,3,8-10H2,(H,16,17). The van der Waals surface area contributed by atoms with Crippen LogP contribution in [0.15, 0.2) is 36.9 Å². The number of carbonyl (C=O) groups excluding carboxylic acids is 1. The fourth-order valence-electron chi connectivity index (χ4n) is 2.00. The van der Waals surface area contributed by atoms with E-state index in [4.69, 9.17) is 0 Å². The maximum absolute atomic E-state index is 12.8. The summed E-state index contributed by atoms with van der Waals surface area (Å²) in [5.41, 5.74) is 0.504. The number of benzene rings is 1. The zero-order chi connectivity index (χ0) is 12.3. The van der Waals surface area contributed by atoms with Gasteiger partial charge in [-0.15, -0.1) is 6.58 Å². The summed E-state index contributed by atoms with van der Waals surface area (Å²) in [6.07, 6.45) is 4.24. The molecule has 0 radical (unpaired) electrons. The van der Waals surface area contributed by atoms with Crippen LogP contribution in [0, 0.1) is 5.82 Å². The quantitative estimate of drug-likeness (QED) is 0.614. The van der Waals surface area contributed by atoms with Crippen molar-refractivity contribution in [1.29, 1.82) is 0 Å². The predicted molar refractivity (Wildman–Crippen MR) is 65.1 cm³/mol. The molecule has 17 heavy (non-hydrogen) atoms. The molecule has 0 aliphatic heterocycles. The van der Waals surface area contributed by atoms with Crippen LogP contribution in [0.5, 0.6) is 0 Å². The van der Waals surface area contributed by atoms with E-state index in [9.17, 15) is 9.18 Å². The molecule has 1 N–H and O–H groups in total. The number of hydrogen-bond acceptors (Lipinski definition) is 1. The predicted octanol–water partition coefficient (Wildman–Crippen LogP) is 2.55. The summed E-state index contributed by atoms with van der Waals surface area (Å²) in [5.74, 6) is -0.220. The molecule has 0 saturated heterocycles. The summed E-state index contributed by atoms with van der Waals surface area (Å²) in [7, 11) is 0. The van der Waals surface area contributed by atoms with Gasteiger partial charge in [0, 0.05) is 6.54 Å². The lowest BCUT2D eigenvalue weighted by Gasteiger charge is -2.15. The van der Waals surface area contributed by atoms with Crippen LogP contribution in [0.4, 0.5) is 4.39 Å². The van der Waals surface area contributed by atoms with Crippen LogP contribution >= 0.6 is 0 Å². The molecule has 2 rings (SSSR count). The first-order valence-corrected chi connectivity index (χ1v) is 5.84. The largest absolute Gasteiger partial charge is 0.355 e. The third kappa shape index (κ3) is 2.38. The van der Waals surface area contributed by atoms with Crippen molar-refractivity contribution in [3.8, 4) is 0 Å². The number of halogens is 1. The molecule has 1 amide bonds. The Balaban J connectivity index is 2.06. The molecule has 0 heterocycles. The van der Waals surface area contributed by atoms with E-state index in [-0.39, 0.29) is 11.7 Å². The zero-order valence-electron chi connectivity index (χ0n) is 9.71. The number of carbonyl (C=O) groups is 1. The highest BCUT2D eigenvalue weighted by atomic mass is 19.1. The fraction of sp³-hybridized carbons (Fsp3) is 0.357. The van der Waals surface area contributed by atoms with E-state index >= 15 is 0 Å². The van der Waals surface area contributed by atoms with E-state index in [0.29, 0.717) is 6.54 Å². The van der Waals surface area contributed by atoms with E-state index < -0.39 is 5.41 Å². The smallest absolute Gasteiger partial charge is 0.230 e. The van der Waals surface area contributed by atoms with E-state index in [2.05, 4.69) is 11.9 Å². The molecule has 0 spiro atoms. The third-order valence-electron chi connectivity index (χ3n) is 3.22. The molecule has 0 bridgehead atoms. The van der Waals surface area contributed by atoms with Gasteiger partial charge < -0.3 is 5.32 Å². The lowest BCUT2D eigenvalue weighted by molar-refractivity contribution is -0.123. The van der Waals surface area contributed by atoms with Gasteiger partial charge in [-0.3, -0.25) is 4.79 Å². The summed E-state index contributed by atoms with van der Waals surface area (Å²) in [5, 5.41) is 2.90. The van der Waals surface area contributed by atoms with Crippen molar-refractivity contribution in [1.82, 2.24) is 5.32 Å². The molecule has 1 aliphatic rings. The highest BCUT2D eigenvalue weighted by molar-refractivity contribution is 5.91. The van der Waals surface area contributed by atoms with Crippen molar-refractivity contribution < 1.29 is 9.18 Å². The molecule has 1 aromatic carbocycles. The summed E-state index contributed by atoms with van der Waals surface area (Å²) in [6.45, 7) is 4.23. The Morgan fingerprint density at radius 2 is 2.06 bits per heavy atom. The molecule has 0 atom stereocenters. The lowest BCUT2D eigenvalue weighted by Crippen LogP contribution is -2.35. The van der Waals surface area contributed by atoms with Gasteiger partial charge in [-0.05, 0) is 37.0 Å². The maximum atomic E-state index is 12.8. The van der Waals surface area contributed by atoms with Crippen LogP contribution in [0.1, 0.15) is 24.8 Å². The third-order valence-corrected chi connectivity index (χ3v) is 3.22. The Hall–Kier alpha value is -1.64. The molecule has 0 unspecified atom stereocenters. The summed E-state index contributed by atoms with van der Waals surface area (Å²) < 4.78 is 12.8. The van der Waals surface area contributed by atoms with Gasteiger partial charge in [-0.2, -0.15) is 0 Å². The second-order valence-electron chi connectivity index (χ2n) is 4.42. The molecule has 1 saturated carbocycles. The second kappa shape index (κ2) is 4.70. The van der Waals surface area contributed by atoms with E-state index in [1.165, 1.54) is 12.1 Å². The van der Waals surface area contributed by atoms with E-state index in [1.807, 2.05) is 0 Å². The Bertz CT molecular complexity index is 420. The van der Waals surface area contributed by atoms with Gasteiger partial charge in [0.1, 0.15) is 5.82 Å². The van der Waals surface area contributed by atoms with Crippen LogP contribution in [-0.2, 0) is 10.2 Å². The molecular weight excluding hydrogens is 217 g/mol. The Morgan fingerprint density at radius 1 is 1.41 bits per heavy atom. The fourth-order valence-corrected chi connectivity index (χ4v) is 2.00. The Morgan fingerprint density at radius 3 is 2.59 bits per heavy atom. The first-order chi connectivity index (χ1) is 8.19. The van der Waals surface area contributed by atoms with Gasteiger partial charge >= 0.3 is 0 Å². The van der Waals surface area contributed by atoms with Crippen LogP contribution < -0.4 is 5.32 Å². The van der Waals surface area contributed by atoms with Crippen molar-refractivity contribution in [3.63, 3.8) is 0 Å².